The van der Waals surface area contributed by atoms with Crippen molar-refractivity contribution < 1.29 is 9.90 Å². The molecule has 2 nitrogen and oxygen atoms in total. The molecular weight excluding hydrogens is 404 g/mol. The molecule has 0 heterocycles. The molecule has 3 fully saturated rings. The number of hydrogen-bond acceptors (Lipinski definition) is 1. The second-order valence-electron chi connectivity index (χ2n) is 11.8. The molecule has 1 N–H and O–H groups in total. The molecule has 1 aromatic rings. The van der Waals surface area contributed by atoms with Gasteiger partial charge in [0.2, 0.25) is 0 Å². The van der Waals surface area contributed by atoms with Crippen molar-refractivity contribution in [3.05, 3.63) is 35.4 Å². The molecule has 184 valence electrons. The van der Waals surface area contributed by atoms with Crippen LogP contribution in [0.1, 0.15) is 140 Å². The van der Waals surface area contributed by atoms with E-state index in [0.29, 0.717) is 11.8 Å². The minimum atomic E-state index is -0.546. The lowest BCUT2D eigenvalue weighted by atomic mass is 9.54. The summed E-state index contributed by atoms with van der Waals surface area (Å²) in [6, 6.07) is 9.37. The number of carboxylic acid groups (broad SMARTS) is 1. The Hall–Kier alpha value is -1.31. The van der Waals surface area contributed by atoms with E-state index in [0.717, 1.165) is 43.9 Å². The van der Waals surface area contributed by atoms with Crippen LogP contribution in [0, 0.1) is 23.2 Å². The predicted molar refractivity (Wildman–Crippen MR) is 138 cm³/mol. The van der Waals surface area contributed by atoms with Gasteiger partial charge in [-0.15, -0.1) is 0 Å². The second kappa shape index (κ2) is 11.4. The van der Waals surface area contributed by atoms with Gasteiger partial charge in [0, 0.05) is 5.92 Å². The third kappa shape index (κ3) is 5.35. The number of carboxylic acids is 1. The van der Waals surface area contributed by atoms with E-state index in [1.807, 2.05) is 0 Å². The molecule has 0 bridgehead atoms. The normalized spacial score (nSPS) is 35.3. The molecule has 0 aliphatic heterocycles. The summed E-state index contributed by atoms with van der Waals surface area (Å²) < 4.78 is 0. The lowest BCUT2D eigenvalue weighted by Crippen LogP contribution is -2.47. The largest absolute Gasteiger partial charge is 0.481 e. The fraction of sp³-hybridized carbons (Fsp3) is 0.774. The number of hydrogen-bond donors (Lipinski definition) is 1. The average molecular weight is 453 g/mol. The molecule has 0 unspecified atom stereocenters. The van der Waals surface area contributed by atoms with Crippen molar-refractivity contribution in [2.45, 2.75) is 128 Å². The standard InChI is InChI=1S/C31H48O2/c1-3-7-23-10-14-25(15-11-23)26-16-18-27(19-17-26)29-9-5-6-22-31(29,30(32)33)28-20-12-24(8-4-2)13-21-28/h16-19,23-25,28-29H,3-15,20-22H2,1-2H3,(H,32,33)/t23?,24?,25?,28?,29-,31-/m1/s1. The van der Waals surface area contributed by atoms with E-state index >= 15 is 0 Å². The van der Waals surface area contributed by atoms with Crippen molar-refractivity contribution in [1.82, 2.24) is 0 Å². The first-order chi connectivity index (χ1) is 16.1. The van der Waals surface area contributed by atoms with Crippen LogP contribution >= 0.6 is 0 Å². The molecule has 1 aromatic carbocycles. The monoisotopic (exact) mass is 452 g/mol. The van der Waals surface area contributed by atoms with Crippen LogP contribution in [0.25, 0.3) is 0 Å². The van der Waals surface area contributed by atoms with E-state index in [1.54, 1.807) is 0 Å². The highest BCUT2D eigenvalue weighted by Gasteiger charge is 2.53. The van der Waals surface area contributed by atoms with Crippen LogP contribution in [-0.2, 0) is 4.79 Å². The minimum Gasteiger partial charge on any atom is -0.481 e. The highest BCUT2D eigenvalue weighted by molar-refractivity contribution is 5.77. The van der Waals surface area contributed by atoms with E-state index in [2.05, 4.69) is 38.1 Å². The maximum atomic E-state index is 13.0. The zero-order chi connectivity index (χ0) is 23.3. The van der Waals surface area contributed by atoms with Gasteiger partial charge in [0.25, 0.3) is 0 Å². The van der Waals surface area contributed by atoms with Crippen LogP contribution in [0.5, 0.6) is 0 Å². The van der Waals surface area contributed by atoms with Gasteiger partial charge in [-0.2, -0.15) is 0 Å². The fourth-order valence-corrected chi connectivity index (χ4v) is 8.15. The van der Waals surface area contributed by atoms with Crippen LogP contribution in [0.2, 0.25) is 0 Å². The van der Waals surface area contributed by atoms with Crippen LogP contribution in [-0.4, -0.2) is 11.1 Å². The van der Waals surface area contributed by atoms with Crippen LogP contribution < -0.4 is 0 Å². The molecule has 4 rings (SSSR count). The van der Waals surface area contributed by atoms with Gasteiger partial charge in [0.15, 0.2) is 0 Å². The number of rotatable bonds is 8. The van der Waals surface area contributed by atoms with Gasteiger partial charge in [-0.25, -0.2) is 0 Å². The van der Waals surface area contributed by atoms with Gasteiger partial charge in [-0.1, -0.05) is 89.5 Å². The van der Waals surface area contributed by atoms with Crippen molar-refractivity contribution in [3.8, 4) is 0 Å². The lowest BCUT2D eigenvalue weighted by molar-refractivity contribution is -0.159. The smallest absolute Gasteiger partial charge is 0.310 e. The first-order valence-corrected chi connectivity index (χ1v) is 14.4. The van der Waals surface area contributed by atoms with Gasteiger partial charge < -0.3 is 5.11 Å². The quantitative estimate of drug-likeness (QED) is 0.427. The first-order valence-electron chi connectivity index (χ1n) is 14.4. The maximum Gasteiger partial charge on any atom is 0.310 e. The third-order valence-electron chi connectivity index (χ3n) is 9.98. The summed E-state index contributed by atoms with van der Waals surface area (Å²) in [4.78, 5) is 13.0. The summed E-state index contributed by atoms with van der Waals surface area (Å²) >= 11 is 0. The van der Waals surface area contributed by atoms with Crippen molar-refractivity contribution in [2.75, 3.05) is 0 Å². The Morgan fingerprint density at radius 1 is 0.788 bits per heavy atom. The SMILES string of the molecule is CCCC1CCC(c2ccc([C@H]3CCCC[C@@]3(C(=O)O)C3CCC(CCC)CC3)cc2)CC1. The molecule has 3 saturated carbocycles. The number of carbonyl (C=O) groups is 1. The first kappa shape index (κ1) is 24.8. The number of aliphatic carboxylic acids is 1. The summed E-state index contributed by atoms with van der Waals surface area (Å²) in [6.07, 6.45) is 19.6. The summed E-state index contributed by atoms with van der Waals surface area (Å²) in [6.45, 7) is 4.59. The van der Waals surface area contributed by atoms with Crippen molar-refractivity contribution in [1.29, 1.82) is 0 Å². The molecular formula is C31H48O2. The Balaban J connectivity index is 1.49. The molecule has 0 spiro atoms. The zero-order valence-corrected chi connectivity index (χ0v) is 21.4. The van der Waals surface area contributed by atoms with Gasteiger partial charge in [0.05, 0.1) is 5.41 Å². The van der Waals surface area contributed by atoms with Gasteiger partial charge in [-0.05, 0) is 86.2 Å². The lowest BCUT2D eigenvalue weighted by Gasteiger charge is -2.48. The van der Waals surface area contributed by atoms with Gasteiger partial charge >= 0.3 is 5.97 Å². The Labute approximate surface area is 202 Å². The fourth-order valence-electron chi connectivity index (χ4n) is 8.15. The molecule has 2 heteroatoms. The molecule has 0 amide bonds. The van der Waals surface area contributed by atoms with Crippen molar-refractivity contribution >= 4 is 5.97 Å². The summed E-state index contributed by atoms with van der Waals surface area (Å²) in [7, 11) is 0. The predicted octanol–water partition coefficient (Wildman–Crippen LogP) is 9.10. The molecule has 2 atom stereocenters. The van der Waals surface area contributed by atoms with Crippen molar-refractivity contribution in [3.63, 3.8) is 0 Å². The summed E-state index contributed by atoms with van der Waals surface area (Å²) in [5.74, 6) is 2.50. The Kier molecular flexibility index (Phi) is 8.58. The van der Waals surface area contributed by atoms with Crippen LogP contribution in [0.3, 0.4) is 0 Å². The van der Waals surface area contributed by atoms with Gasteiger partial charge in [-0.3, -0.25) is 4.79 Å². The minimum absolute atomic E-state index is 0.186. The topological polar surface area (TPSA) is 37.3 Å². The second-order valence-corrected chi connectivity index (χ2v) is 11.8. The van der Waals surface area contributed by atoms with Gasteiger partial charge in [0.1, 0.15) is 0 Å². The maximum absolute atomic E-state index is 13.0. The molecule has 0 saturated heterocycles. The molecule has 0 radical (unpaired) electrons. The summed E-state index contributed by atoms with van der Waals surface area (Å²) in [5, 5.41) is 10.7. The molecule has 3 aliphatic carbocycles. The zero-order valence-electron chi connectivity index (χ0n) is 21.4. The highest BCUT2D eigenvalue weighted by Crippen LogP contribution is 2.56. The molecule has 33 heavy (non-hydrogen) atoms. The van der Waals surface area contributed by atoms with Crippen molar-refractivity contribution in [2.24, 2.45) is 23.2 Å². The van der Waals surface area contributed by atoms with Crippen LogP contribution in [0.4, 0.5) is 0 Å². The highest BCUT2D eigenvalue weighted by atomic mass is 16.4. The van der Waals surface area contributed by atoms with E-state index in [4.69, 9.17) is 0 Å². The Morgan fingerprint density at radius 3 is 1.88 bits per heavy atom. The van der Waals surface area contributed by atoms with E-state index in [9.17, 15) is 9.90 Å². The van der Waals surface area contributed by atoms with E-state index < -0.39 is 11.4 Å². The third-order valence-corrected chi connectivity index (χ3v) is 9.98. The average Bonchev–Trinajstić information content (AvgIpc) is 2.85. The molecule has 0 aromatic heterocycles. The van der Waals surface area contributed by atoms with E-state index in [1.165, 1.54) is 81.8 Å². The van der Waals surface area contributed by atoms with E-state index in [-0.39, 0.29) is 5.92 Å². The number of benzene rings is 1. The summed E-state index contributed by atoms with van der Waals surface area (Å²) in [5.41, 5.74) is 2.25. The Morgan fingerprint density at radius 2 is 1.33 bits per heavy atom. The van der Waals surface area contributed by atoms with Crippen LogP contribution in [0.15, 0.2) is 24.3 Å². The molecule has 3 aliphatic rings. The Bertz CT molecular complexity index is 737.